The lowest BCUT2D eigenvalue weighted by atomic mass is 9.72. The standard InChI is InChI=1S/C22H27BF3NO8/c24-22(25,26)8-2-5-18(28)27-17-12-15-3-1-4-16(20(15)35-23(17)31)21(30)34-13-33-19(29)11-14-6-9-32-10-7-14/h1,3-4,14,17,31H,2,5-13H2,(H,27,28)/t17-/m0/s1. The number of esters is 2. The van der Waals surface area contributed by atoms with Crippen molar-refractivity contribution in [1.82, 2.24) is 5.32 Å². The van der Waals surface area contributed by atoms with E-state index in [4.69, 9.17) is 18.9 Å². The Kier molecular flexibility index (Phi) is 9.38. The lowest BCUT2D eigenvalue weighted by molar-refractivity contribution is -0.154. The van der Waals surface area contributed by atoms with E-state index < -0.39 is 50.3 Å². The lowest BCUT2D eigenvalue weighted by Gasteiger charge is -2.29. The zero-order chi connectivity index (χ0) is 25.4. The van der Waals surface area contributed by atoms with Gasteiger partial charge in [0.05, 0.1) is 5.94 Å². The SMILES string of the molecule is O=C(CCCC(F)(F)F)N[C@H]1Cc2cccc(C(=O)OCOC(=O)CC3CCOCC3)c2OB1O. The number of alkyl halides is 3. The van der Waals surface area contributed by atoms with Crippen LogP contribution in [0.25, 0.3) is 0 Å². The first kappa shape index (κ1) is 26.8. The van der Waals surface area contributed by atoms with Crippen molar-refractivity contribution in [1.29, 1.82) is 0 Å². The number of hydrogen-bond donors (Lipinski definition) is 2. The van der Waals surface area contributed by atoms with Gasteiger partial charge in [-0.15, -0.1) is 0 Å². The first-order valence-electron chi connectivity index (χ1n) is 11.4. The molecule has 3 rings (SSSR count). The quantitative estimate of drug-likeness (QED) is 0.301. The first-order valence-corrected chi connectivity index (χ1v) is 11.4. The van der Waals surface area contributed by atoms with Gasteiger partial charge in [0, 0.05) is 32.5 Å². The molecule has 192 valence electrons. The number of hydrogen-bond acceptors (Lipinski definition) is 8. The zero-order valence-electron chi connectivity index (χ0n) is 19.0. The number of amides is 1. The first-order chi connectivity index (χ1) is 16.6. The maximum atomic E-state index is 12.5. The van der Waals surface area contributed by atoms with Crippen LogP contribution in [0.5, 0.6) is 5.75 Å². The van der Waals surface area contributed by atoms with E-state index in [1.165, 1.54) is 6.07 Å². The third kappa shape index (κ3) is 8.43. The minimum atomic E-state index is -4.35. The van der Waals surface area contributed by atoms with Crippen LogP contribution >= 0.6 is 0 Å². The van der Waals surface area contributed by atoms with Crippen molar-refractivity contribution in [2.24, 2.45) is 5.92 Å². The van der Waals surface area contributed by atoms with E-state index in [0.29, 0.717) is 18.8 Å². The van der Waals surface area contributed by atoms with Gasteiger partial charge >= 0.3 is 25.2 Å². The van der Waals surface area contributed by atoms with E-state index in [-0.39, 0.29) is 42.9 Å². The highest BCUT2D eigenvalue weighted by Gasteiger charge is 2.38. The summed E-state index contributed by atoms with van der Waals surface area (Å²) in [6, 6.07) is 4.58. The predicted octanol–water partition coefficient (Wildman–Crippen LogP) is 2.33. The van der Waals surface area contributed by atoms with E-state index in [1.807, 2.05) is 0 Å². The Bertz CT molecular complexity index is 907. The summed E-state index contributed by atoms with van der Waals surface area (Å²) in [6.07, 6.45) is -4.33. The van der Waals surface area contributed by atoms with Crippen LogP contribution in [0.15, 0.2) is 18.2 Å². The molecule has 35 heavy (non-hydrogen) atoms. The van der Waals surface area contributed by atoms with Gasteiger partial charge in [-0.3, -0.25) is 9.59 Å². The molecule has 1 aromatic carbocycles. The number of halogens is 3. The van der Waals surface area contributed by atoms with Gasteiger partial charge < -0.3 is 29.2 Å². The van der Waals surface area contributed by atoms with Crippen LogP contribution in [0.4, 0.5) is 13.2 Å². The maximum Gasteiger partial charge on any atom is 0.547 e. The average molecular weight is 501 g/mol. The van der Waals surface area contributed by atoms with Gasteiger partial charge in [-0.05, 0) is 43.2 Å². The number of rotatable bonds is 9. The molecule has 0 saturated carbocycles. The van der Waals surface area contributed by atoms with E-state index in [0.717, 1.165) is 12.8 Å². The number of carbonyl (C=O) groups excluding carboxylic acids is 3. The highest BCUT2D eigenvalue weighted by atomic mass is 19.4. The van der Waals surface area contributed by atoms with Crippen LogP contribution in [-0.4, -0.2) is 62.1 Å². The van der Waals surface area contributed by atoms with Gasteiger partial charge in [0.25, 0.3) is 0 Å². The van der Waals surface area contributed by atoms with Crippen LogP contribution in [0.3, 0.4) is 0 Å². The fourth-order valence-corrected chi connectivity index (χ4v) is 3.91. The van der Waals surface area contributed by atoms with Gasteiger partial charge in [0.15, 0.2) is 0 Å². The fraction of sp³-hybridized carbons (Fsp3) is 0.591. The molecule has 1 atom stereocenters. The van der Waals surface area contributed by atoms with Crippen LogP contribution in [-0.2, 0) is 30.2 Å². The normalized spacial score (nSPS) is 18.3. The monoisotopic (exact) mass is 501 g/mol. The van der Waals surface area contributed by atoms with E-state index in [2.05, 4.69) is 5.32 Å². The molecule has 2 N–H and O–H groups in total. The van der Waals surface area contributed by atoms with E-state index in [1.54, 1.807) is 12.1 Å². The second-order valence-electron chi connectivity index (χ2n) is 8.47. The largest absolute Gasteiger partial charge is 0.547 e. The molecule has 13 heteroatoms. The van der Waals surface area contributed by atoms with Crippen LogP contribution in [0, 0.1) is 5.92 Å². The second-order valence-corrected chi connectivity index (χ2v) is 8.47. The number of benzene rings is 1. The van der Waals surface area contributed by atoms with Crippen molar-refractivity contribution >= 4 is 25.0 Å². The second kappa shape index (κ2) is 12.3. The zero-order valence-corrected chi connectivity index (χ0v) is 19.0. The number of ether oxygens (including phenoxy) is 3. The lowest BCUT2D eigenvalue weighted by Crippen LogP contribution is -2.53. The molecule has 0 unspecified atom stereocenters. The molecule has 1 fully saturated rings. The Morgan fingerprint density at radius 2 is 1.91 bits per heavy atom. The molecular weight excluding hydrogens is 474 g/mol. The van der Waals surface area contributed by atoms with E-state index in [9.17, 15) is 32.6 Å². The molecule has 0 radical (unpaired) electrons. The summed E-state index contributed by atoms with van der Waals surface area (Å²) in [5, 5.41) is 12.7. The average Bonchev–Trinajstić information content (AvgIpc) is 2.79. The van der Waals surface area contributed by atoms with Crippen LogP contribution < -0.4 is 9.97 Å². The van der Waals surface area contributed by atoms with Crippen molar-refractivity contribution in [3.8, 4) is 5.75 Å². The summed E-state index contributed by atoms with van der Waals surface area (Å²) in [4.78, 5) is 36.4. The third-order valence-electron chi connectivity index (χ3n) is 5.76. The third-order valence-corrected chi connectivity index (χ3v) is 5.76. The van der Waals surface area contributed by atoms with Crippen molar-refractivity contribution < 1.29 is 51.4 Å². The minimum absolute atomic E-state index is 0.00279. The van der Waals surface area contributed by atoms with Crippen molar-refractivity contribution in [2.75, 3.05) is 20.0 Å². The molecule has 9 nitrogen and oxygen atoms in total. The van der Waals surface area contributed by atoms with Gasteiger partial charge in [0.2, 0.25) is 12.7 Å². The van der Waals surface area contributed by atoms with Gasteiger partial charge in [-0.1, -0.05) is 12.1 Å². The molecule has 2 aliphatic heterocycles. The van der Waals surface area contributed by atoms with Crippen LogP contribution in [0.2, 0.25) is 0 Å². The van der Waals surface area contributed by atoms with E-state index >= 15 is 0 Å². The summed E-state index contributed by atoms with van der Waals surface area (Å²) in [6.45, 7) is 0.616. The van der Waals surface area contributed by atoms with Gasteiger partial charge in [0.1, 0.15) is 11.3 Å². The van der Waals surface area contributed by atoms with Crippen molar-refractivity contribution in [2.45, 2.75) is 57.1 Å². The van der Waals surface area contributed by atoms with Crippen LogP contribution in [0.1, 0.15) is 54.4 Å². The Morgan fingerprint density at radius 3 is 2.63 bits per heavy atom. The van der Waals surface area contributed by atoms with Gasteiger partial charge in [-0.25, -0.2) is 4.79 Å². The maximum absolute atomic E-state index is 12.5. The molecule has 0 bridgehead atoms. The predicted molar refractivity (Wildman–Crippen MR) is 115 cm³/mol. The molecular formula is C22H27BF3NO8. The number of nitrogens with one attached hydrogen (secondary N) is 1. The Balaban J connectivity index is 1.49. The topological polar surface area (TPSA) is 120 Å². The highest BCUT2D eigenvalue weighted by Crippen LogP contribution is 2.31. The molecule has 1 saturated heterocycles. The summed E-state index contributed by atoms with van der Waals surface area (Å²) < 4.78 is 57.4. The van der Waals surface area contributed by atoms with Gasteiger partial charge in [-0.2, -0.15) is 13.2 Å². The highest BCUT2D eigenvalue weighted by molar-refractivity contribution is 6.47. The molecule has 2 aliphatic rings. The Hall–Kier alpha value is -2.80. The fourth-order valence-electron chi connectivity index (χ4n) is 3.91. The summed E-state index contributed by atoms with van der Waals surface area (Å²) in [7, 11) is -1.53. The number of carbonyl (C=O) groups is 3. The minimum Gasteiger partial charge on any atom is -0.534 e. The van der Waals surface area contributed by atoms with Crippen molar-refractivity contribution in [3.63, 3.8) is 0 Å². The molecule has 2 heterocycles. The molecule has 0 aromatic heterocycles. The summed E-state index contributed by atoms with van der Waals surface area (Å²) in [5.74, 6) is -2.65. The Labute approximate surface area is 200 Å². The molecule has 0 aliphatic carbocycles. The van der Waals surface area contributed by atoms with Crippen molar-refractivity contribution in [3.05, 3.63) is 29.3 Å². The molecule has 1 aromatic rings. The number of fused-ring (bicyclic) bond motifs is 1. The number of para-hydroxylation sites is 1. The molecule has 1 amide bonds. The summed E-state index contributed by atoms with van der Waals surface area (Å²) in [5.41, 5.74) is 0.485. The molecule has 0 spiro atoms. The Morgan fingerprint density at radius 1 is 1.17 bits per heavy atom. The smallest absolute Gasteiger partial charge is 0.534 e. The summed E-state index contributed by atoms with van der Waals surface area (Å²) >= 11 is 0.